The number of nitriles is 1. The zero-order valence-corrected chi connectivity index (χ0v) is 11.7. The number of carboxylic acid groups (broad SMARTS) is 1. The van der Waals surface area contributed by atoms with Gasteiger partial charge in [-0.15, -0.1) is 0 Å². The minimum atomic E-state index is -0.696. The van der Waals surface area contributed by atoms with Gasteiger partial charge in [0.25, 0.3) is 0 Å². The van der Waals surface area contributed by atoms with Crippen molar-refractivity contribution in [2.75, 3.05) is 0 Å². The second kappa shape index (κ2) is 4.23. The molecule has 0 aliphatic heterocycles. The van der Waals surface area contributed by atoms with Crippen LogP contribution in [0.3, 0.4) is 0 Å². The molecule has 0 aromatic heterocycles. The van der Waals surface area contributed by atoms with E-state index in [0.29, 0.717) is 12.8 Å². The lowest BCUT2D eigenvalue weighted by atomic mass is 9.42. The van der Waals surface area contributed by atoms with E-state index in [9.17, 15) is 9.90 Å². The lowest BCUT2D eigenvalue weighted by molar-refractivity contribution is -0.177. The zero-order valence-electron chi connectivity index (χ0n) is 11.7. The molecule has 0 aromatic carbocycles. The van der Waals surface area contributed by atoms with Gasteiger partial charge in [0.1, 0.15) is 0 Å². The molecule has 1 unspecified atom stereocenters. The van der Waals surface area contributed by atoms with Crippen LogP contribution in [0.15, 0.2) is 0 Å². The van der Waals surface area contributed by atoms with Crippen LogP contribution in [0.25, 0.3) is 0 Å². The summed E-state index contributed by atoms with van der Waals surface area (Å²) in [6, 6.07) is 2.15. The lowest BCUT2D eigenvalue weighted by Crippen LogP contribution is -2.56. The van der Waals surface area contributed by atoms with Crippen LogP contribution in [0.4, 0.5) is 0 Å². The summed E-state index contributed by atoms with van der Waals surface area (Å²) < 4.78 is 0. The van der Waals surface area contributed by atoms with E-state index in [-0.39, 0.29) is 5.41 Å². The normalized spacial score (nSPS) is 42.6. The first-order valence-electron chi connectivity index (χ1n) is 7.59. The molecule has 4 rings (SSSR count). The van der Waals surface area contributed by atoms with E-state index in [0.717, 1.165) is 37.0 Å². The summed E-state index contributed by atoms with van der Waals surface area (Å²) in [6.45, 7) is 1.92. The van der Waals surface area contributed by atoms with E-state index < -0.39 is 11.4 Å². The molecule has 0 aromatic rings. The maximum absolute atomic E-state index is 11.9. The smallest absolute Gasteiger partial charge is 0.309 e. The summed E-state index contributed by atoms with van der Waals surface area (Å²) in [7, 11) is 0. The van der Waals surface area contributed by atoms with Crippen molar-refractivity contribution in [3.05, 3.63) is 0 Å². The van der Waals surface area contributed by atoms with Crippen LogP contribution in [0, 0.1) is 39.9 Å². The summed E-state index contributed by atoms with van der Waals surface area (Å²) >= 11 is 0. The third-order valence-electron chi connectivity index (χ3n) is 6.42. The molecule has 19 heavy (non-hydrogen) atoms. The average molecular weight is 261 g/mol. The highest BCUT2D eigenvalue weighted by molar-refractivity contribution is 5.75. The molecule has 0 amide bonds. The van der Waals surface area contributed by atoms with Crippen molar-refractivity contribution >= 4 is 5.97 Å². The van der Waals surface area contributed by atoms with E-state index in [4.69, 9.17) is 5.26 Å². The lowest BCUT2D eigenvalue weighted by Gasteiger charge is -2.62. The summed E-state index contributed by atoms with van der Waals surface area (Å²) in [5.74, 6) is 1.59. The topological polar surface area (TPSA) is 61.1 Å². The Morgan fingerprint density at radius 1 is 1.26 bits per heavy atom. The average Bonchev–Trinajstić information content (AvgIpc) is 2.33. The Bertz CT molecular complexity index is 401. The Kier molecular flexibility index (Phi) is 2.89. The molecular formula is C16H23NO2. The van der Waals surface area contributed by atoms with Crippen molar-refractivity contribution in [1.82, 2.24) is 0 Å². The van der Waals surface area contributed by atoms with E-state index in [1.807, 2.05) is 6.92 Å². The number of hydrogen-bond donors (Lipinski definition) is 1. The third-order valence-corrected chi connectivity index (χ3v) is 6.42. The van der Waals surface area contributed by atoms with Crippen LogP contribution >= 0.6 is 0 Å². The Morgan fingerprint density at radius 3 is 2.11 bits per heavy atom. The fourth-order valence-electron chi connectivity index (χ4n) is 5.69. The van der Waals surface area contributed by atoms with Crippen LogP contribution in [-0.2, 0) is 4.79 Å². The van der Waals surface area contributed by atoms with Gasteiger partial charge in [0.15, 0.2) is 0 Å². The number of aliphatic carboxylic acids is 1. The first-order valence-corrected chi connectivity index (χ1v) is 7.59. The summed E-state index contributed by atoms with van der Waals surface area (Å²) in [5, 5.41) is 18.7. The van der Waals surface area contributed by atoms with Crippen LogP contribution < -0.4 is 0 Å². The van der Waals surface area contributed by atoms with Crippen molar-refractivity contribution in [2.24, 2.45) is 28.6 Å². The van der Waals surface area contributed by atoms with E-state index in [2.05, 4.69) is 6.07 Å². The molecule has 1 atom stereocenters. The van der Waals surface area contributed by atoms with Gasteiger partial charge < -0.3 is 5.11 Å². The Balaban J connectivity index is 1.93. The molecule has 0 spiro atoms. The standard InChI is InChI=1S/C16H23NO2/c1-15(14(18)19,3-2-4-17)16-8-11-5-12(9-16)7-13(6-11)10-16/h11-13H,2-3,5-10H2,1H3,(H,18,19). The predicted molar refractivity (Wildman–Crippen MR) is 71.2 cm³/mol. The van der Waals surface area contributed by atoms with Gasteiger partial charge in [-0.1, -0.05) is 0 Å². The third kappa shape index (κ3) is 1.80. The molecule has 0 radical (unpaired) electrons. The van der Waals surface area contributed by atoms with Gasteiger partial charge in [-0.2, -0.15) is 5.26 Å². The van der Waals surface area contributed by atoms with Gasteiger partial charge >= 0.3 is 5.97 Å². The van der Waals surface area contributed by atoms with E-state index in [1.165, 1.54) is 19.3 Å². The van der Waals surface area contributed by atoms with Crippen LogP contribution in [0.2, 0.25) is 0 Å². The first kappa shape index (κ1) is 13.0. The van der Waals surface area contributed by atoms with Crippen molar-refractivity contribution in [2.45, 2.75) is 58.3 Å². The number of rotatable bonds is 4. The van der Waals surface area contributed by atoms with Crippen molar-refractivity contribution in [3.8, 4) is 6.07 Å². The highest BCUT2D eigenvalue weighted by Crippen LogP contribution is 2.66. The van der Waals surface area contributed by atoms with E-state index >= 15 is 0 Å². The molecule has 3 heteroatoms. The first-order chi connectivity index (χ1) is 8.99. The van der Waals surface area contributed by atoms with Crippen molar-refractivity contribution in [3.63, 3.8) is 0 Å². The SMILES string of the molecule is CC(CCC#N)(C(=O)O)C12CC3CC(CC(C3)C1)C2. The number of carbonyl (C=O) groups is 1. The molecule has 4 aliphatic rings. The molecule has 0 saturated heterocycles. The second-order valence-electron chi connectivity index (χ2n) is 7.49. The molecule has 104 valence electrons. The fraction of sp³-hybridized carbons (Fsp3) is 0.875. The minimum absolute atomic E-state index is 0.0234. The van der Waals surface area contributed by atoms with Crippen molar-refractivity contribution in [1.29, 1.82) is 5.26 Å². The number of nitrogens with zero attached hydrogens (tertiary/aromatic N) is 1. The molecule has 4 fully saturated rings. The molecule has 4 bridgehead atoms. The molecule has 4 aliphatic carbocycles. The Labute approximate surface area is 115 Å². The van der Waals surface area contributed by atoms with Crippen LogP contribution in [0.1, 0.15) is 58.3 Å². The van der Waals surface area contributed by atoms with Gasteiger partial charge in [-0.25, -0.2) is 0 Å². The summed E-state index contributed by atoms with van der Waals surface area (Å²) in [4.78, 5) is 11.9. The summed E-state index contributed by atoms with van der Waals surface area (Å²) in [6.07, 6.45) is 8.14. The van der Waals surface area contributed by atoms with Crippen molar-refractivity contribution < 1.29 is 9.90 Å². The minimum Gasteiger partial charge on any atom is -0.481 e. The summed E-state index contributed by atoms with van der Waals surface area (Å²) in [5.41, 5.74) is -0.719. The molecule has 1 N–H and O–H groups in total. The molecule has 4 saturated carbocycles. The highest BCUT2D eigenvalue weighted by atomic mass is 16.4. The number of hydrogen-bond acceptors (Lipinski definition) is 2. The molecule has 0 heterocycles. The van der Waals surface area contributed by atoms with Crippen LogP contribution in [0.5, 0.6) is 0 Å². The number of carboxylic acids is 1. The molecular weight excluding hydrogens is 238 g/mol. The van der Waals surface area contributed by atoms with E-state index in [1.54, 1.807) is 0 Å². The fourth-order valence-corrected chi connectivity index (χ4v) is 5.69. The highest BCUT2D eigenvalue weighted by Gasteiger charge is 2.61. The maximum Gasteiger partial charge on any atom is 0.309 e. The van der Waals surface area contributed by atoms with Gasteiger partial charge in [-0.05, 0) is 75.0 Å². The predicted octanol–water partition coefficient (Wildman–Crippen LogP) is 3.60. The monoisotopic (exact) mass is 261 g/mol. The van der Waals surface area contributed by atoms with Crippen LogP contribution in [-0.4, -0.2) is 11.1 Å². The van der Waals surface area contributed by atoms with Gasteiger partial charge in [-0.3, -0.25) is 4.79 Å². The maximum atomic E-state index is 11.9. The largest absolute Gasteiger partial charge is 0.481 e. The Hall–Kier alpha value is -1.04. The quantitative estimate of drug-likeness (QED) is 0.841. The Morgan fingerprint density at radius 2 is 1.74 bits per heavy atom. The van der Waals surface area contributed by atoms with Gasteiger partial charge in [0, 0.05) is 6.42 Å². The zero-order chi connectivity index (χ0) is 13.7. The second-order valence-corrected chi connectivity index (χ2v) is 7.49. The molecule has 3 nitrogen and oxygen atoms in total. The van der Waals surface area contributed by atoms with Gasteiger partial charge in [0.05, 0.1) is 11.5 Å². The van der Waals surface area contributed by atoms with Gasteiger partial charge in [0.2, 0.25) is 0 Å².